The molecule has 20 heavy (non-hydrogen) atoms. The highest BCUT2D eigenvalue weighted by atomic mass is 16.5. The molecule has 1 fully saturated rings. The van der Waals surface area contributed by atoms with Gasteiger partial charge in [0.25, 0.3) is 0 Å². The second-order valence-electron chi connectivity index (χ2n) is 5.81. The van der Waals surface area contributed by atoms with Crippen molar-refractivity contribution in [1.29, 1.82) is 0 Å². The Hall–Kier alpha value is -1.55. The van der Waals surface area contributed by atoms with Crippen LogP contribution in [0.4, 0.5) is 0 Å². The minimum atomic E-state index is -0.300. The monoisotopic (exact) mass is 276 g/mol. The number of hydrogen-bond donors (Lipinski definition) is 2. The molecule has 2 rings (SSSR count). The van der Waals surface area contributed by atoms with Crippen LogP contribution in [-0.4, -0.2) is 26.1 Å². The Balaban J connectivity index is 2.02. The zero-order valence-corrected chi connectivity index (χ0v) is 12.5. The third kappa shape index (κ3) is 3.31. The van der Waals surface area contributed by atoms with Gasteiger partial charge in [-0.1, -0.05) is 12.1 Å². The Morgan fingerprint density at radius 2 is 2.30 bits per heavy atom. The minimum Gasteiger partial charge on any atom is -0.497 e. The van der Waals surface area contributed by atoms with Gasteiger partial charge in [0, 0.05) is 6.54 Å². The summed E-state index contributed by atoms with van der Waals surface area (Å²) in [6.07, 6.45) is 1.99. The number of hydrogen-bond acceptors (Lipinski definition) is 3. The molecule has 1 aromatic rings. The first-order valence-corrected chi connectivity index (χ1v) is 7.21. The number of piperidine rings is 1. The van der Waals surface area contributed by atoms with E-state index in [1.165, 1.54) is 0 Å². The van der Waals surface area contributed by atoms with E-state index < -0.39 is 0 Å². The zero-order valence-electron chi connectivity index (χ0n) is 12.5. The summed E-state index contributed by atoms with van der Waals surface area (Å²) in [4.78, 5) is 12.5. The van der Waals surface area contributed by atoms with Crippen molar-refractivity contribution in [3.63, 3.8) is 0 Å². The standard InChI is InChI=1S/C16H24N2O2/c1-12(13-6-4-7-14(10-13)20-3)18-15(19)16(2)8-5-9-17-11-16/h4,6-7,10,12,17H,5,8-9,11H2,1-3H3,(H,18,19). The van der Waals surface area contributed by atoms with Gasteiger partial charge in [0.05, 0.1) is 18.6 Å². The number of ether oxygens (including phenoxy) is 1. The maximum absolute atomic E-state index is 12.5. The highest BCUT2D eigenvalue weighted by molar-refractivity contribution is 5.83. The van der Waals surface area contributed by atoms with Crippen molar-refractivity contribution >= 4 is 5.91 Å². The third-order valence-electron chi connectivity index (χ3n) is 4.09. The van der Waals surface area contributed by atoms with Crippen LogP contribution in [0.5, 0.6) is 5.75 Å². The lowest BCUT2D eigenvalue weighted by Crippen LogP contribution is -2.49. The Morgan fingerprint density at radius 3 is 2.95 bits per heavy atom. The molecule has 0 bridgehead atoms. The van der Waals surface area contributed by atoms with Gasteiger partial charge >= 0.3 is 0 Å². The number of benzene rings is 1. The summed E-state index contributed by atoms with van der Waals surface area (Å²) in [7, 11) is 1.65. The summed E-state index contributed by atoms with van der Waals surface area (Å²) < 4.78 is 5.22. The number of carbonyl (C=O) groups excluding carboxylic acids is 1. The second kappa shape index (κ2) is 6.27. The van der Waals surface area contributed by atoms with E-state index in [0.29, 0.717) is 0 Å². The van der Waals surface area contributed by atoms with E-state index in [1.807, 2.05) is 38.1 Å². The molecule has 0 aromatic heterocycles. The average molecular weight is 276 g/mol. The number of rotatable bonds is 4. The summed E-state index contributed by atoms with van der Waals surface area (Å²) in [6.45, 7) is 5.80. The van der Waals surface area contributed by atoms with Crippen molar-refractivity contribution in [2.45, 2.75) is 32.7 Å². The predicted octanol–water partition coefficient (Wildman–Crippen LogP) is 2.26. The van der Waals surface area contributed by atoms with Crippen molar-refractivity contribution < 1.29 is 9.53 Å². The van der Waals surface area contributed by atoms with E-state index in [4.69, 9.17) is 4.74 Å². The summed E-state index contributed by atoms with van der Waals surface area (Å²) in [5.74, 6) is 0.939. The summed E-state index contributed by atoms with van der Waals surface area (Å²) in [5, 5.41) is 6.43. The van der Waals surface area contributed by atoms with Gasteiger partial charge in [-0.05, 0) is 50.9 Å². The maximum Gasteiger partial charge on any atom is 0.227 e. The van der Waals surface area contributed by atoms with Gasteiger partial charge in [0.1, 0.15) is 5.75 Å². The molecule has 4 heteroatoms. The average Bonchev–Trinajstić information content (AvgIpc) is 2.48. The second-order valence-corrected chi connectivity index (χ2v) is 5.81. The lowest BCUT2D eigenvalue weighted by molar-refractivity contribution is -0.131. The molecule has 4 nitrogen and oxygen atoms in total. The molecule has 0 saturated carbocycles. The fourth-order valence-electron chi connectivity index (χ4n) is 2.62. The molecule has 1 saturated heterocycles. The molecule has 0 aliphatic carbocycles. The quantitative estimate of drug-likeness (QED) is 0.887. The fourth-order valence-corrected chi connectivity index (χ4v) is 2.62. The van der Waals surface area contributed by atoms with Crippen LogP contribution in [0.25, 0.3) is 0 Å². The fraction of sp³-hybridized carbons (Fsp3) is 0.562. The van der Waals surface area contributed by atoms with E-state index in [-0.39, 0.29) is 17.4 Å². The lowest BCUT2D eigenvalue weighted by Gasteiger charge is -2.33. The minimum absolute atomic E-state index is 0.0173. The lowest BCUT2D eigenvalue weighted by atomic mass is 9.81. The topological polar surface area (TPSA) is 50.4 Å². The van der Waals surface area contributed by atoms with Gasteiger partial charge in [-0.2, -0.15) is 0 Å². The van der Waals surface area contributed by atoms with Gasteiger partial charge in [-0.3, -0.25) is 4.79 Å². The van der Waals surface area contributed by atoms with Crippen molar-refractivity contribution in [3.05, 3.63) is 29.8 Å². The normalized spacial score (nSPS) is 23.9. The first-order valence-electron chi connectivity index (χ1n) is 7.21. The van der Waals surface area contributed by atoms with Crippen LogP contribution in [0.2, 0.25) is 0 Å². The Bertz CT molecular complexity index is 467. The SMILES string of the molecule is COc1cccc(C(C)NC(=O)C2(C)CCCNC2)c1. The van der Waals surface area contributed by atoms with Crippen LogP contribution in [0.3, 0.4) is 0 Å². The molecule has 2 atom stereocenters. The van der Waals surface area contributed by atoms with Crippen molar-refractivity contribution in [3.8, 4) is 5.75 Å². The van der Waals surface area contributed by atoms with E-state index >= 15 is 0 Å². The number of carbonyl (C=O) groups is 1. The molecule has 110 valence electrons. The van der Waals surface area contributed by atoms with Gasteiger partial charge in [0.15, 0.2) is 0 Å². The molecule has 2 unspecified atom stereocenters. The van der Waals surface area contributed by atoms with Gasteiger partial charge in [-0.25, -0.2) is 0 Å². The number of amides is 1. The van der Waals surface area contributed by atoms with Crippen molar-refractivity contribution in [2.75, 3.05) is 20.2 Å². The zero-order chi connectivity index (χ0) is 14.6. The molecule has 0 spiro atoms. The summed E-state index contributed by atoms with van der Waals surface area (Å²) in [6, 6.07) is 7.81. The molecule has 0 radical (unpaired) electrons. The Morgan fingerprint density at radius 1 is 1.50 bits per heavy atom. The van der Waals surface area contributed by atoms with Crippen LogP contribution in [-0.2, 0) is 4.79 Å². The smallest absolute Gasteiger partial charge is 0.227 e. The molecule has 1 heterocycles. The number of nitrogens with one attached hydrogen (secondary N) is 2. The molecule has 2 N–H and O–H groups in total. The van der Waals surface area contributed by atoms with E-state index in [2.05, 4.69) is 10.6 Å². The molecular formula is C16H24N2O2. The first-order chi connectivity index (χ1) is 9.55. The van der Waals surface area contributed by atoms with Gasteiger partial charge < -0.3 is 15.4 Å². The van der Waals surface area contributed by atoms with Gasteiger partial charge in [-0.15, -0.1) is 0 Å². The van der Waals surface area contributed by atoms with Crippen LogP contribution in [0.1, 0.15) is 38.3 Å². The maximum atomic E-state index is 12.5. The molecule has 1 aliphatic heterocycles. The molecule has 1 amide bonds. The molecule has 1 aromatic carbocycles. The summed E-state index contributed by atoms with van der Waals surface area (Å²) in [5.41, 5.74) is 0.760. The summed E-state index contributed by atoms with van der Waals surface area (Å²) >= 11 is 0. The van der Waals surface area contributed by atoms with Crippen molar-refractivity contribution in [2.24, 2.45) is 5.41 Å². The van der Waals surface area contributed by atoms with E-state index in [1.54, 1.807) is 7.11 Å². The van der Waals surface area contributed by atoms with Crippen LogP contribution >= 0.6 is 0 Å². The molecule has 1 aliphatic rings. The largest absolute Gasteiger partial charge is 0.497 e. The number of methoxy groups -OCH3 is 1. The predicted molar refractivity (Wildman–Crippen MR) is 79.8 cm³/mol. The van der Waals surface area contributed by atoms with Crippen LogP contribution in [0, 0.1) is 5.41 Å². The van der Waals surface area contributed by atoms with Crippen molar-refractivity contribution in [1.82, 2.24) is 10.6 Å². The molecular weight excluding hydrogens is 252 g/mol. The van der Waals surface area contributed by atoms with Crippen LogP contribution in [0.15, 0.2) is 24.3 Å². The van der Waals surface area contributed by atoms with Crippen LogP contribution < -0.4 is 15.4 Å². The van der Waals surface area contributed by atoms with E-state index in [0.717, 1.165) is 37.2 Å². The Labute approximate surface area is 120 Å². The highest BCUT2D eigenvalue weighted by Gasteiger charge is 2.35. The first kappa shape index (κ1) is 14.9. The van der Waals surface area contributed by atoms with Gasteiger partial charge in [0.2, 0.25) is 5.91 Å². The third-order valence-corrected chi connectivity index (χ3v) is 4.09. The Kier molecular flexibility index (Phi) is 4.65. The van der Waals surface area contributed by atoms with E-state index in [9.17, 15) is 4.79 Å². The highest BCUT2D eigenvalue weighted by Crippen LogP contribution is 2.27.